The van der Waals surface area contributed by atoms with Gasteiger partial charge in [0.25, 0.3) is 0 Å². The molecule has 94 valence electrons. The summed E-state index contributed by atoms with van der Waals surface area (Å²) in [7, 11) is 1.93. The van der Waals surface area contributed by atoms with E-state index in [2.05, 4.69) is 42.0 Å². The van der Waals surface area contributed by atoms with Crippen molar-refractivity contribution in [2.75, 3.05) is 17.7 Å². The van der Waals surface area contributed by atoms with E-state index in [-0.39, 0.29) is 5.95 Å². The van der Waals surface area contributed by atoms with Crippen LogP contribution in [0.2, 0.25) is 5.15 Å². The molecule has 4 nitrogen and oxygen atoms in total. The van der Waals surface area contributed by atoms with Gasteiger partial charge in [-0.05, 0) is 25.5 Å². The molecule has 0 spiro atoms. The van der Waals surface area contributed by atoms with E-state index in [1.54, 1.807) is 6.07 Å². The molecule has 0 aliphatic heterocycles. The van der Waals surface area contributed by atoms with Crippen LogP contribution in [-0.2, 0) is 0 Å². The fourth-order valence-corrected chi connectivity index (χ4v) is 2.08. The van der Waals surface area contributed by atoms with Gasteiger partial charge in [-0.15, -0.1) is 0 Å². The van der Waals surface area contributed by atoms with E-state index in [0.29, 0.717) is 11.0 Å². The van der Waals surface area contributed by atoms with Gasteiger partial charge in [0.1, 0.15) is 11.0 Å². The van der Waals surface area contributed by atoms with Crippen molar-refractivity contribution in [2.45, 2.75) is 13.8 Å². The Morgan fingerprint density at radius 2 is 1.89 bits per heavy atom. The van der Waals surface area contributed by atoms with E-state index >= 15 is 0 Å². The van der Waals surface area contributed by atoms with E-state index in [4.69, 9.17) is 17.3 Å². The van der Waals surface area contributed by atoms with Crippen molar-refractivity contribution in [1.29, 1.82) is 0 Å². The van der Waals surface area contributed by atoms with Crippen molar-refractivity contribution in [3.63, 3.8) is 0 Å². The Bertz CT molecular complexity index is 563. The highest BCUT2D eigenvalue weighted by atomic mass is 35.5. The Balaban J connectivity index is 2.44. The van der Waals surface area contributed by atoms with Crippen LogP contribution in [0, 0.1) is 13.8 Å². The first kappa shape index (κ1) is 12.6. The summed E-state index contributed by atoms with van der Waals surface area (Å²) in [5, 5.41) is 0.342. The van der Waals surface area contributed by atoms with Crippen LogP contribution in [0.5, 0.6) is 0 Å². The first-order chi connectivity index (χ1) is 8.47. The quantitative estimate of drug-likeness (QED) is 0.845. The molecule has 0 amide bonds. The number of nitrogens with zero attached hydrogens (tertiary/aromatic N) is 3. The minimum Gasteiger partial charge on any atom is -0.368 e. The number of nitrogen functional groups attached to an aromatic ring is 1. The van der Waals surface area contributed by atoms with E-state index in [1.165, 1.54) is 11.1 Å². The van der Waals surface area contributed by atoms with Crippen molar-refractivity contribution in [1.82, 2.24) is 9.97 Å². The van der Waals surface area contributed by atoms with E-state index < -0.39 is 0 Å². The van der Waals surface area contributed by atoms with Crippen LogP contribution in [0.15, 0.2) is 24.3 Å². The van der Waals surface area contributed by atoms with Crippen LogP contribution in [0.3, 0.4) is 0 Å². The normalized spacial score (nSPS) is 10.4. The molecule has 2 aromatic rings. The number of halogens is 1. The van der Waals surface area contributed by atoms with Crippen LogP contribution in [-0.4, -0.2) is 17.0 Å². The van der Waals surface area contributed by atoms with Crippen LogP contribution >= 0.6 is 11.6 Å². The largest absolute Gasteiger partial charge is 0.368 e. The van der Waals surface area contributed by atoms with Gasteiger partial charge in [-0.25, -0.2) is 4.98 Å². The van der Waals surface area contributed by atoms with Gasteiger partial charge in [0, 0.05) is 18.8 Å². The van der Waals surface area contributed by atoms with Crippen molar-refractivity contribution in [3.05, 3.63) is 40.5 Å². The van der Waals surface area contributed by atoms with E-state index in [0.717, 1.165) is 5.69 Å². The average molecular weight is 263 g/mol. The highest BCUT2D eigenvalue weighted by molar-refractivity contribution is 6.29. The molecule has 0 aliphatic carbocycles. The van der Waals surface area contributed by atoms with Gasteiger partial charge < -0.3 is 10.6 Å². The molecule has 0 fully saturated rings. The minimum atomic E-state index is 0.175. The summed E-state index contributed by atoms with van der Waals surface area (Å²) < 4.78 is 0. The molecule has 0 saturated carbocycles. The molecule has 1 heterocycles. The summed E-state index contributed by atoms with van der Waals surface area (Å²) in [4.78, 5) is 9.98. The highest BCUT2D eigenvalue weighted by Crippen LogP contribution is 2.27. The number of aromatic nitrogens is 2. The van der Waals surface area contributed by atoms with Gasteiger partial charge >= 0.3 is 0 Å². The lowest BCUT2D eigenvalue weighted by atomic mass is 10.1. The van der Waals surface area contributed by atoms with Gasteiger partial charge in [0.05, 0.1) is 0 Å². The molecule has 1 aromatic carbocycles. The predicted molar refractivity (Wildman–Crippen MR) is 75.4 cm³/mol. The smallest absolute Gasteiger partial charge is 0.223 e. The maximum atomic E-state index is 5.89. The molecule has 0 bridgehead atoms. The maximum absolute atomic E-state index is 5.89. The third-order valence-electron chi connectivity index (χ3n) is 2.76. The second-order valence-electron chi connectivity index (χ2n) is 4.26. The van der Waals surface area contributed by atoms with Gasteiger partial charge in [-0.2, -0.15) is 4.98 Å². The second-order valence-corrected chi connectivity index (χ2v) is 4.64. The molecular formula is C13H15ClN4. The molecular weight excluding hydrogens is 248 g/mol. The van der Waals surface area contributed by atoms with Crippen molar-refractivity contribution in [3.8, 4) is 0 Å². The lowest BCUT2D eigenvalue weighted by Crippen LogP contribution is -2.14. The standard InChI is InChI=1S/C13H15ClN4/c1-8-4-5-10(9(2)6-8)18(3)12-7-11(14)16-13(15)17-12/h4-7H,1-3H3,(H2,15,16,17). The molecule has 2 rings (SSSR count). The maximum Gasteiger partial charge on any atom is 0.223 e. The first-order valence-electron chi connectivity index (χ1n) is 5.58. The van der Waals surface area contributed by atoms with Crippen LogP contribution in [0.4, 0.5) is 17.5 Å². The number of hydrogen-bond acceptors (Lipinski definition) is 4. The molecule has 1 aromatic heterocycles. The molecule has 2 N–H and O–H groups in total. The van der Waals surface area contributed by atoms with Gasteiger partial charge in [0.2, 0.25) is 5.95 Å². The summed E-state index contributed by atoms with van der Waals surface area (Å²) in [6, 6.07) is 7.93. The molecule has 0 saturated heterocycles. The number of nitrogens with two attached hydrogens (primary N) is 1. The summed E-state index contributed by atoms with van der Waals surface area (Å²) in [5.74, 6) is 0.855. The summed E-state index contributed by atoms with van der Waals surface area (Å²) in [5.41, 5.74) is 9.07. The molecule has 0 aliphatic rings. The van der Waals surface area contributed by atoms with Gasteiger partial charge in [-0.3, -0.25) is 0 Å². The Hall–Kier alpha value is -1.81. The minimum absolute atomic E-state index is 0.175. The summed E-state index contributed by atoms with van der Waals surface area (Å²) >= 11 is 5.89. The second kappa shape index (κ2) is 4.82. The van der Waals surface area contributed by atoms with E-state index in [1.807, 2.05) is 11.9 Å². The molecule has 0 unspecified atom stereocenters. The van der Waals surface area contributed by atoms with E-state index in [9.17, 15) is 0 Å². The van der Waals surface area contributed by atoms with Crippen molar-refractivity contribution < 1.29 is 0 Å². The monoisotopic (exact) mass is 262 g/mol. The number of rotatable bonds is 2. The first-order valence-corrected chi connectivity index (χ1v) is 5.96. The Morgan fingerprint density at radius 1 is 1.17 bits per heavy atom. The number of hydrogen-bond donors (Lipinski definition) is 1. The lowest BCUT2D eigenvalue weighted by molar-refractivity contribution is 1.08. The number of anilines is 3. The summed E-state index contributed by atoms with van der Waals surface area (Å²) in [6.07, 6.45) is 0. The number of benzene rings is 1. The zero-order valence-electron chi connectivity index (χ0n) is 10.6. The van der Waals surface area contributed by atoms with Crippen molar-refractivity contribution in [2.24, 2.45) is 0 Å². The van der Waals surface area contributed by atoms with Crippen LogP contribution < -0.4 is 10.6 Å². The molecule has 5 heteroatoms. The Kier molecular flexibility index (Phi) is 3.39. The summed E-state index contributed by atoms with van der Waals surface area (Å²) in [6.45, 7) is 4.13. The fourth-order valence-electron chi connectivity index (χ4n) is 1.90. The predicted octanol–water partition coefficient (Wildman–Crippen LogP) is 3.10. The Labute approximate surface area is 111 Å². The Morgan fingerprint density at radius 3 is 2.50 bits per heavy atom. The lowest BCUT2D eigenvalue weighted by Gasteiger charge is -2.21. The third kappa shape index (κ3) is 2.54. The molecule has 18 heavy (non-hydrogen) atoms. The average Bonchev–Trinajstić information content (AvgIpc) is 2.26. The highest BCUT2D eigenvalue weighted by Gasteiger charge is 2.10. The zero-order valence-corrected chi connectivity index (χ0v) is 11.4. The van der Waals surface area contributed by atoms with Gasteiger partial charge in [0.15, 0.2) is 0 Å². The fraction of sp³-hybridized carbons (Fsp3) is 0.231. The van der Waals surface area contributed by atoms with Crippen molar-refractivity contribution >= 4 is 29.1 Å². The van der Waals surface area contributed by atoms with Crippen LogP contribution in [0.25, 0.3) is 0 Å². The van der Waals surface area contributed by atoms with Gasteiger partial charge in [-0.1, -0.05) is 29.3 Å². The zero-order chi connectivity index (χ0) is 13.3. The topological polar surface area (TPSA) is 55.0 Å². The molecule has 0 atom stereocenters. The molecule has 0 radical (unpaired) electrons. The van der Waals surface area contributed by atoms with Crippen LogP contribution in [0.1, 0.15) is 11.1 Å². The number of aryl methyl sites for hydroxylation is 2. The SMILES string of the molecule is Cc1ccc(N(C)c2cc(Cl)nc(N)n2)c(C)c1. The third-order valence-corrected chi connectivity index (χ3v) is 2.95.